The smallest absolute Gasteiger partial charge is 0.0982 e. The molecule has 1 unspecified atom stereocenters. The Bertz CT molecular complexity index is 1360. The largest absolute Gasteiger partial charge is 0.392 e. The fraction of sp³-hybridized carbons (Fsp3) is 0.161. The van der Waals surface area contributed by atoms with Gasteiger partial charge in [-0.2, -0.15) is 0 Å². The van der Waals surface area contributed by atoms with E-state index in [-0.39, 0.29) is 12.6 Å². The van der Waals surface area contributed by atoms with Crippen LogP contribution in [0.5, 0.6) is 0 Å². The molecule has 3 atom stereocenters. The Balaban J connectivity index is 1.50. The maximum Gasteiger partial charge on any atom is 0.0982 e. The van der Waals surface area contributed by atoms with Gasteiger partial charge in [0.05, 0.1) is 24.2 Å². The SMILES string of the molecule is OCc1c2n(c3ccccc13)C[C@H]1[C@@H]2N1C(c1ccccc1)(c1ccccc1)c1ccccc1. The Morgan fingerprint density at radius 3 is 1.71 bits per heavy atom. The molecule has 4 aromatic carbocycles. The molecule has 2 aliphatic heterocycles. The van der Waals surface area contributed by atoms with E-state index in [2.05, 4.69) is 125 Å². The van der Waals surface area contributed by atoms with Crippen LogP contribution in [-0.4, -0.2) is 20.6 Å². The van der Waals surface area contributed by atoms with Gasteiger partial charge in [0, 0.05) is 28.7 Å². The summed E-state index contributed by atoms with van der Waals surface area (Å²) in [6.45, 7) is 1.00. The highest BCUT2D eigenvalue weighted by Crippen LogP contribution is 2.62. The summed E-state index contributed by atoms with van der Waals surface area (Å²) < 4.78 is 2.44. The number of hydrogen-bond donors (Lipinski definition) is 1. The average Bonchev–Trinajstić information content (AvgIpc) is 3.32. The third-order valence-electron chi connectivity index (χ3n) is 7.82. The maximum absolute atomic E-state index is 10.4. The molecule has 3 heterocycles. The molecule has 3 nitrogen and oxygen atoms in total. The minimum atomic E-state index is -0.409. The van der Waals surface area contributed by atoms with E-state index >= 15 is 0 Å². The number of rotatable bonds is 5. The predicted octanol–water partition coefficient (Wildman–Crippen LogP) is 5.86. The molecule has 1 aromatic heterocycles. The molecule has 34 heavy (non-hydrogen) atoms. The first-order valence-corrected chi connectivity index (χ1v) is 12.0. The summed E-state index contributed by atoms with van der Waals surface area (Å²) in [7, 11) is 0. The van der Waals surface area contributed by atoms with Gasteiger partial charge in [-0.3, -0.25) is 4.90 Å². The van der Waals surface area contributed by atoms with Crippen molar-refractivity contribution in [3.8, 4) is 0 Å². The van der Waals surface area contributed by atoms with Crippen LogP contribution in [0.4, 0.5) is 0 Å². The number of aliphatic hydroxyl groups excluding tert-OH is 1. The van der Waals surface area contributed by atoms with Gasteiger partial charge in [0.15, 0.2) is 0 Å². The molecular weight excluding hydrogens is 416 g/mol. The van der Waals surface area contributed by atoms with Gasteiger partial charge in [0.2, 0.25) is 0 Å². The number of nitrogens with zero attached hydrogens (tertiary/aromatic N) is 2. The van der Waals surface area contributed by atoms with E-state index in [9.17, 15) is 5.11 Å². The van der Waals surface area contributed by atoms with E-state index in [1.807, 2.05) is 0 Å². The summed E-state index contributed by atoms with van der Waals surface area (Å²) in [5.74, 6) is 0. The second-order valence-corrected chi connectivity index (χ2v) is 9.38. The number of benzene rings is 4. The normalized spacial score (nSPS) is 20.8. The van der Waals surface area contributed by atoms with Crippen LogP contribution in [0.15, 0.2) is 115 Å². The van der Waals surface area contributed by atoms with E-state index in [4.69, 9.17) is 0 Å². The summed E-state index contributed by atoms with van der Waals surface area (Å²) >= 11 is 0. The Morgan fingerprint density at radius 2 is 1.18 bits per heavy atom. The molecule has 1 N–H and O–H groups in total. The van der Waals surface area contributed by atoms with E-state index in [0.717, 1.165) is 12.1 Å². The first-order chi connectivity index (χ1) is 16.9. The number of hydrogen-bond acceptors (Lipinski definition) is 2. The predicted molar refractivity (Wildman–Crippen MR) is 135 cm³/mol. The molecule has 2 aliphatic rings. The van der Waals surface area contributed by atoms with E-state index in [1.165, 1.54) is 33.3 Å². The molecule has 166 valence electrons. The lowest BCUT2D eigenvalue weighted by Gasteiger charge is -2.39. The minimum absolute atomic E-state index is 0.0644. The molecular formula is C31H26N2O. The zero-order chi connectivity index (χ0) is 22.7. The third kappa shape index (κ3) is 2.54. The van der Waals surface area contributed by atoms with Crippen LogP contribution in [-0.2, 0) is 18.7 Å². The highest BCUT2D eigenvalue weighted by molar-refractivity contribution is 5.86. The third-order valence-corrected chi connectivity index (χ3v) is 7.82. The Hall–Kier alpha value is -3.66. The molecule has 0 spiro atoms. The van der Waals surface area contributed by atoms with Crippen molar-refractivity contribution in [3.05, 3.63) is 143 Å². The molecule has 1 saturated heterocycles. The summed E-state index contributed by atoms with van der Waals surface area (Å²) in [4.78, 5) is 2.68. The lowest BCUT2D eigenvalue weighted by molar-refractivity contribution is 0.268. The van der Waals surface area contributed by atoms with E-state index in [0.29, 0.717) is 6.04 Å². The number of para-hydroxylation sites is 1. The number of fused-ring (bicyclic) bond motifs is 5. The van der Waals surface area contributed by atoms with Gasteiger partial charge < -0.3 is 9.67 Å². The van der Waals surface area contributed by atoms with Crippen LogP contribution in [0.1, 0.15) is 34.0 Å². The molecule has 0 bridgehead atoms. The van der Waals surface area contributed by atoms with Crippen molar-refractivity contribution in [1.29, 1.82) is 0 Å². The summed E-state index contributed by atoms with van der Waals surface area (Å²) in [6.07, 6.45) is 0. The van der Waals surface area contributed by atoms with Crippen molar-refractivity contribution in [2.45, 2.75) is 30.8 Å². The van der Waals surface area contributed by atoms with Gasteiger partial charge in [0.1, 0.15) is 0 Å². The summed E-state index contributed by atoms with van der Waals surface area (Å²) in [5, 5.41) is 11.6. The van der Waals surface area contributed by atoms with Crippen LogP contribution < -0.4 is 0 Å². The molecule has 3 heteroatoms. The number of aromatic nitrogens is 1. The fourth-order valence-electron chi connectivity index (χ4n) is 6.51. The number of aliphatic hydroxyl groups is 1. The lowest BCUT2D eigenvalue weighted by atomic mass is 9.76. The average molecular weight is 443 g/mol. The second kappa shape index (κ2) is 7.42. The molecule has 0 radical (unpaired) electrons. The van der Waals surface area contributed by atoms with Crippen molar-refractivity contribution in [1.82, 2.24) is 9.47 Å². The quantitative estimate of drug-likeness (QED) is 0.273. The van der Waals surface area contributed by atoms with Gasteiger partial charge in [-0.1, -0.05) is 109 Å². The highest BCUT2D eigenvalue weighted by Gasteiger charge is 2.65. The molecule has 0 saturated carbocycles. The first-order valence-electron chi connectivity index (χ1n) is 12.0. The van der Waals surface area contributed by atoms with Gasteiger partial charge in [-0.05, 0) is 22.8 Å². The summed E-state index contributed by atoms with van der Waals surface area (Å²) in [6, 6.07) is 41.8. The highest BCUT2D eigenvalue weighted by atomic mass is 16.3. The molecule has 1 fully saturated rings. The molecule has 7 rings (SSSR count). The van der Waals surface area contributed by atoms with Gasteiger partial charge >= 0.3 is 0 Å². The van der Waals surface area contributed by atoms with Crippen molar-refractivity contribution in [2.75, 3.05) is 0 Å². The first kappa shape index (κ1) is 19.8. The van der Waals surface area contributed by atoms with Crippen molar-refractivity contribution < 1.29 is 5.11 Å². The van der Waals surface area contributed by atoms with Crippen molar-refractivity contribution in [2.24, 2.45) is 0 Å². The topological polar surface area (TPSA) is 28.2 Å². The zero-order valence-corrected chi connectivity index (χ0v) is 18.9. The van der Waals surface area contributed by atoms with Crippen LogP contribution in [0, 0.1) is 0 Å². The zero-order valence-electron chi connectivity index (χ0n) is 18.9. The molecule has 0 amide bonds. The van der Waals surface area contributed by atoms with Crippen molar-refractivity contribution >= 4 is 10.9 Å². The van der Waals surface area contributed by atoms with Crippen LogP contribution >= 0.6 is 0 Å². The Labute approximate surface area is 199 Å². The van der Waals surface area contributed by atoms with Crippen LogP contribution in [0.3, 0.4) is 0 Å². The van der Waals surface area contributed by atoms with E-state index in [1.54, 1.807) is 0 Å². The maximum atomic E-state index is 10.4. The van der Waals surface area contributed by atoms with Gasteiger partial charge in [-0.25, -0.2) is 0 Å². The Kier molecular flexibility index (Phi) is 4.32. The molecule has 0 aliphatic carbocycles. The van der Waals surface area contributed by atoms with Crippen LogP contribution in [0.2, 0.25) is 0 Å². The van der Waals surface area contributed by atoms with Crippen molar-refractivity contribution in [3.63, 3.8) is 0 Å². The van der Waals surface area contributed by atoms with Crippen LogP contribution in [0.25, 0.3) is 10.9 Å². The molecule has 5 aromatic rings. The second-order valence-electron chi connectivity index (χ2n) is 9.38. The monoisotopic (exact) mass is 442 g/mol. The standard InChI is InChI=1S/C31H26N2O/c34-21-26-25-18-10-11-19-27(25)32-20-28-30(29(26)32)33(28)31(22-12-4-1-5-13-22,23-14-6-2-7-15-23)24-16-8-3-9-17-24/h1-19,28,30,34H,20-21H2/t28-,30-,33?/m0/s1. The minimum Gasteiger partial charge on any atom is -0.392 e. The Morgan fingerprint density at radius 1 is 0.676 bits per heavy atom. The van der Waals surface area contributed by atoms with Gasteiger partial charge in [0.25, 0.3) is 0 Å². The van der Waals surface area contributed by atoms with E-state index < -0.39 is 5.54 Å². The summed E-state index contributed by atoms with van der Waals surface area (Å²) in [5.41, 5.74) is 7.00. The van der Waals surface area contributed by atoms with Gasteiger partial charge in [-0.15, -0.1) is 0 Å². The lowest BCUT2D eigenvalue weighted by Crippen LogP contribution is -2.40. The fourth-order valence-corrected chi connectivity index (χ4v) is 6.51.